The summed E-state index contributed by atoms with van der Waals surface area (Å²) in [5.41, 5.74) is 0. The minimum absolute atomic E-state index is 0.191. The van der Waals surface area contributed by atoms with Gasteiger partial charge in [0.25, 0.3) is 0 Å². The van der Waals surface area contributed by atoms with Gasteiger partial charge in [-0.3, -0.25) is 9.59 Å². The number of carbonyl (C=O) groups is 3. The maximum absolute atomic E-state index is 11.6. The van der Waals surface area contributed by atoms with Crippen molar-refractivity contribution in [2.24, 2.45) is 5.92 Å². The molecule has 0 aromatic rings. The van der Waals surface area contributed by atoms with Crippen LogP contribution in [0.5, 0.6) is 0 Å². The molecule has 3 N–H and O–H groups in total. The number of hydrogen-bond donors (Lipinski definition) is 3. The smallest absolute Gasteiger partial charge is 0.326 e. The van der Waals surface area contributed by atoms with Crippen LogP contribution in [0.25, 0.3) is 0 Å². The first-order valence-electron chi connectivity index (χ1n) is 6.28. The van der Waals surface area contributed by atoms with Gasteiger partial charge in [-0.15, -0.1) is 0 Å². The Labute approximate surface area is 110 Å². The highest BCUT2D eigenvalue weighted by atomic mass is 16.5. The average Bonchev–Trinajstić information content (AvgIpc) is 2.24. The summed E-state index contributed by atoms with van der Waals surface area (Å²) in [4.78, 5) is 32.8. The van der Waals surface area contributed by atoms with Gasteiger partial charge in [0, 0.05) is 13.0 Å². The van der Waals surface area contributed by atoms with Crippen LogP contribution in [0, 0.1) is 5.92 Å². The highest BCUT2D eigenvalue weighted by molar-refractivity contribution is 5.86. The molecule has 0 radical (unpaired) electrons. The van der Waals surface area contributed by atoms with Gasteiger partial charge in [0.1, 0.15) is 6.04 Å². The quantitative estimate of drug-likeness (QED) is 0.583. The molecule has 1 rings (SSSR count). The van der Waals surface area contributed by atoms with Gasteiger partial charge in [-0.25, -0.2) is 4.79 Å². The molecular formula is C12H19NO6. The first-order chi connectivity index (χ1) is 8.92. The summed E-state index contributed by atoms with van der Waals surface area (Å²) < 4.78 is 5.36. The summed E-state index contributed by atoms with van der Waals surface area (Å²) in [6.07, 6.45) is 1.37. The molecule has 1 aliphatic rings. The molecule has 1 atom stereocenters. The predicted octanol–water partition coefficient (Wildman–Crippen LogP) is 0.236. The molecular weight excluding hydrogens is 254 g/mol. The molecule has 0 unspecified atom stereocenters. The maximum Gasteiger partial charge on any atom is 0.326 e. The second-order valence-corrected chi connectivity index (χ2v) is 4.68. The van der Waals surface area contributed by atoms with Gasteiger partial charge in [0.2, 0.25) is 5.91 Å². The van der Waals surface area contributed by atoms with E-state index in [2.05, 4.69) is 5.32 Å². The third kappa shape index (κ3) is 5.25. The van der Waals surface area contributed by atoms with Gasteiger partial charge >= 0.3 is 11.9 Å². The number of ether oxygens (including phenoxy) is 1. The van der Waals surface area contributed by atoms with E-state index in [-0.39, 0.29) is 18.4 Å². The van der Waals surface area contributed by atoms with Crippen molar-refractivity contribution in [2.75, 3.05) is 6.61 Å². The van der Waals surface area contributed by atoms with Crippen LogP contribution in [-0.4, -0.2) is 46.8 Å². The summed E-state index contributed by atoms with van der Waals surface area (Å²) in [5.74, 6) is -2.83. The van der Waals surface area contributed by atoms with Crippen molar-refractivity contribution >= 4 is 17.8 Å². The number of aliphatic carboxylic acids is 2. The van der Waals surface area contributed by atoms with Crippen molar-refractivity contribution in [3.05, 3.63) is 0 Å². The van der Waals surface area contributed by atoms with Crippen LogP contribution >= 0.6 is 0 Å². The number of carboxylic acids is 2. The number of carboxylic acid groups (broad SMARTS) is 2. The first kappa shape index (κ1) is 15.4. The third-order valence-corrected chi connectivity index (χ3v) is 3.08. The summed E-state index contributed by atoms with van der Waals surface area (Å²) in [6.45, 7) is 2.55. The summed E-state index contributed by atoms with van der Waals surface area (Å²) in [6, 6.07) is -1.37. The SMILES string of the molecule is CCOC1CC(CC(=O)N[C@H](CC(=O)O)C(=O)O)C1. The zero-order valence-electron chi connectivity index (χ0n) is 10.8. The van der Waals surface area contributed by atoms with Crippen molar-refractivity contribution in [3.8, 4) is 0 Å². The van der Waals surface area contributed by atoms with Gasteiger partial charge in [0.05, 0.1) is 12.5 Å². The zero-order valence-corrected chi connectivity index (χ0v) is 10.8. The van der Waals surface area contributed by atoms with E-state index >= 15 is 0 Å². The fourth-order valence-corrected chi connectivity index (χ4v) is 2.10. The van der Waals surface area contributed by atoms with Gasteiger partial charge in [0.15, 0.2) is 0 Å². The van der Waals surface area contributed by atoms with Crippen molar-refractivity contribution in [2.45, 2.75) is 44.8 Å². The fourth-order valence-electron chi connectivity index (χ4n) is 2.10. The Kier molecular flexibility index (Phi) is 5.75. The van der Waals surface area contributed by atoms with Crippen molar-refractivity contribution in [1.82, 2.24) is 5.32 Å². The van der Waals surface area contributed by atoms with E-state index in [1.165, 1.54) is 0 Å². The Hall–Kier alpha value is -1.63. The molecule has 0 saturated heterocycles. The summed E-state index contributed by atoms with van der Waals surface area (Å²) >= 11 is 0. The predicted molar refractivity (Wildman–Crippen MR) is 64.6 cm³/mol. The van der Waals surface area contributed by atoms with E-state index in [4.69, 9.17) is 14.9 Å². The highest BCUT2D eigenvalue weighted by Crippen LogP contribution is 2.32. The number of carbonyl (C=O) groups excluding carboxylic acids is 1. The van der Waals surface area contributed by atoms with Crippen molar-refractivity contribution < 1.29 is 29.3 Å². The van der Waals surface area contributed by atoms with Gasteiger partial charge in [-0.1, -0.05) is 0 Å². The van der Waals surface area contributed by atoms with Crippen LogP contribution in [0.15, 0.2) is 0 Å². The first-order valence-corrected chi connectivity index (χ1v) is 6.28. The van der Waals surface area contributed by atoms with E-state index in [1.54, 1.807) is 0 Å². The summed E-state index contributed by atoms with van der Waals surface area (Å²) in [7, 11) is 0. The van der Waals surface area contributed by atoms with Crippen LogP contribution in [0.3, 0.4) is 0 Å². The molecule has 1 aliphatic carbocycles. The minimum Gasteiger partial charge on any atom is -0.481 e. The Bertz CT molecular complexity index is 350. The second-order valence-electron chi connectivity index (χ2n) is 4.68. The largest absolute Gasteiger partial charge is 0.481 e. The zero-order chi connectivity index (χ0) is 14.4. The molecule has 0 heterocycles. The van der Waals surface area contributed by atoms with E-state index in [9.17, 15) is 14.4 Å². The molecule has 7 heteroatoms. The molecule has 0 bridgehead atoms. The number of amides is 1. The molecule has 0 spiro atoms. The van der Waals surface area contributed by atoms with Gasteiger partial charge in [-0.2, -0.15) is 0 Å². The average molecular weight is 273 g/mol. The molecule has 0 aromatic carbocycles. The topological polar surface area (TPSA) is 113 Å². The molecule has 19 heavy (non-hydrogen) atoms. The molecule has 108 valence electrons. The Morgan fingerprint density at radius 1 is 1.32 bits per heavy atom. The summed E-state index contributed by atoms with van der Waals surface area (Å²) in [5, 5.41) is 19.6. The van der Waals surface area contributed by atoms with Gasteiger partial charge < -0.3 is 20.3 Å². The highest BCUT2D eigenvalue weighted by Gasteiger charge is 2.32. The van der Waals surface area contributed by atoms with Crippen LogP contribution in [0.4, 0.5) is 0 Å². The van der Waals surface area contributed by atoms with Crippen LogP contribution in [0.1, 0.15) is 32.6 Å². The second kappa shape index (κ2) is 7.08. The van der Waals surface area contributed by atoms with Crippen molar-refractivity contribution in [3.63, 3.8) is 0 Å². The lowest BCUT2D eigenvalue weighted by atomic mass is 9.80. The van der Waals surface area contributed by atoms with Crippen LogP contribution in [-0.2, 0) is 19.1 Å². The standard InChI is InChI=1S/C12H19NO6/c1-2-19-8-3-7(4-8)5-10(14)13-9(12(17)18)6-11(15)16/h7-9H,2-6H2,1H3,(H,13,14)(H,15,16)(H,17,18)/t7?,8?,9-/m1/s1. The van der Waals surface area contributed by atoms with Crippen LogP contribution in [0.2, 0.25) is 0 Å². The molecule has 0 aromatic heterocycles. The third-order valence-electron chi connectivity index (χ3n) is 3.08. The van der Waals surface area contributed by atoms with E-state index in [0.717, 1.165) is 12.8 Å². The van der Waals surface area contributed by atoms with Crippen LogP contribution < -0.4 is 5.32 Å². The van der Waals surface area contributed by atoms with Gasteiger partial charge in [-0.05, 0) is 25.7 Å². The Morgan fingerprint density at radius 2 is 1.95 bits per heavy atom. The fraction of sp³-hybridized carbons (Fsp3) is 0.750. The minimum atomic E-state index is -1.37. The number of nitrogens with one attached hydrogen (secondary N) is 1. The lowest BCUT2D eigenvalue weighted by molar-refractivity contribution is -0.147. The number of rotatable bonds is 8. The lowest BCUT2D eigenvalue weighted by Gasteiger charge is -2.34. The van der Waals surface area contributed by atoms with E-state index in [0.29, 0.717) is 6.61 Å². The molecule has 7 nitrogen and oxygen atoms in total. The van der Waals surface area contributed by atoms with Crippen molar-refractivity contribution in [1.29, 1.82) is 0 Å². The molecule has 1 amide bonds. The lowest BCUT2D eigenvalue weighted by Crippen LogP contribution is -2.44. The monoisotopic (exact) mass is 273 g/mol. The van der Waals surface area contributed by atoms with E-state index < -0.39 is 30.3 Å². The molecule has 0 aliphatic heterocycles. The normalized spacial score (nSPS) is 23.2. The molecule has 1 fully saturated rings. The Morgan fingerprint density at radius 3 is 2.42 bits per heavy atom. The maximum atomic E-state index is 11.6. The Balaban J connectivity index is 2.30. The number of hydrogen-bond acceptors (Lipinski definition) is 4. The van der Waals surface area contributed by atoms with E-state index in [1.807, 2.05) is 6.92 Å². The molecule has 1 saturated carbocycles.